The third-order valence-electron chi connectivity index (χ3n) is 4.11. The van der Waals surface area contributed by atoms with E-state index in [1.807, 2.05) is 49.4 Å². The highest BCUT2D eigenvalue weighted by atomic mass is 32.1. The number of methoxy groups -OCH3 is 1. The molecule has 1 heterocycles. The lowest BCUT2D eigenvalue weighted by atomic mass is 10.2. The predicted octanol–water partition coefficient (Wildman–Crippen LogP) is 4.31. The number of ether oxygens (including phenoxy) is 2. The van der Waals surface area contributed by atoms with Crippen molar-refractivity contribution in [3.63, 3.8) is 0 Å². The van der Waals surface area contributed by atoms with E-state index in [2.05, 4.69) is 10.3 Å². The number of aryl methyl sites for hydroxylation is 1. The number of rotatable bonds is 6. The second-order valence-electron chi connectivity index (χ2n) is 6.12. The van der Waals surface area contributed by atoms with Gasteiger partial charge in [0, 0.05) is 16.6 Å². The van der Waals surface area contributed by atoms with Crippen molar-refractivity contribution in [2.24, 2.45) is 0 Å². The highest BCUT2D eigenvalue weighted by Gasteiger charge is 2.21. The maximum atomic E-state index is 12.3. The molecule has 0 aliphatic carbocycles. The Bertz CT molecular complexity index is 982. The summed E-state index contributed by atoms with van der Waals surface area (Å²) in [5, 5.41) is 5.07. The van der Waals surface area contributed by atoms with E-state index in [1.165, 1.54) is 18.3 Å². The summed E-state index contributed by atoms with van der Waals surface area (Å²) in [6.45, 7) is 3.42. The molecule has 6 nitrogen and oxygen atoms in total. The molecule has 0 fully saturated rings. The number of aromatic nitrogens is 1. The van der Waals surface area contributed by atoms with Gasteiger partial charge in [-0.3, -0.25) is 4.79 Å². The van der Waals surface area contributed by atoms with Crippen molar-refractivity contribution in [2.75, 3.05) is 12.4 Å². The van der Waals surface area contributed by atoms with E-state index >= 15 is 0 Å². The third-order valence-corrected chi connectivity index (χ3v) is 5.00. The number of carbonyl (C=O) groups excluding carboxylic acids is 2. The Hall–Kier alpha value is -3.19. The minimum atomic E-state index is -0.946. The maximum Gasteiger partial charge on any atom is 0.358 e. The molecule has 1 atom stereocenters. The summed E-state index contributed by atoms with van der Waals surface area (Å²) in [5.74, 6) is -0.287. The Balaban J connectivity index is 1.63. The van der Waals surface area contributed by atoms with Crippen LogP contribution in [0.15, 0.2) is 53.9 Å². The predicted molar refractivity (Wildman–Crippen MR) is 109 cm³/mol. The van der Waals surface area contributed by atoms with Gasteiger partial charge in [0.05, 0.1) is 7.11 Å². The van der Waals surface area contributed by atoms with Gasteiger partial charge in [-0.15, -0.1) is 11.3 Å². The molecule has 144 valence electrons. The molecule has 0 radical (unpaired) electrons. The summed E-state index contributed by atoms with van der Waals surface area (Å²) in [4.78, 5) is 29.0. The standard InChI is InChI=1S/C21H20N2O4S/c1-13-6-4-5-7-17(13)22-19(24)14(2)27-21(25)18-12-28-20(23-18)15-8-10-16(26-3)11-9-15/h4-12,14H,1-3H3,(H,22,24). The molecule has 3 aromatic rings. The van der Waals surface area contributed by atoms with Crippen LogP contribution in [-0.4, -0.2) is 30.1 Å². The van der Waals surface area contributed by atoms with Gasteiger partial charge in [0.2, 0.25) is 0 Å². The van der Waals surface area contributed by atoms with Crippen LogP contribution in [0.1, 0.15) is 23.0 Å². The monoisotopic (exact) mass is 396 g/mol. The van der Waals surface area contributed by atoms with Crippen molar-refractivity contribution < 1.29 is 19.1 Å². The van der Waals surface area contributed by atoms with Crippen LogP contribution >= 0.6 is 11.3 Å². The first kappa shape index (κ1) is 19.6. The zero-order chi connectivity index (χ0) is 20.1. The molecule has 0 aliphatic heterocycles. The highest BCUT2D eigenvalue weighted by Crippen LogP contribution is 2.26. The second-order valence-corrected chi connectivity index (χ2v) is 6.98. The lowest BCUT2D eigenvalue weighted by Gasteiger charge is -2.14. The Morgan fingerprint density at radius 1 is 1.11 bits per heavy atom. The van der Waals surface area contributed by atoms with Gasteiger partial charge < -0.3 is 14.8 Å². The number of anilines is 1. The summed E-state index contributed by atoms with van der Waals surface area (Å²) in [6.07, 6.45) is -0.946. The maximum absolute atomic E-state index is 12.3. The number of hydrogen-bond acceptors (Lipinski definition) is 6. The molecule has 0 spiro atoms. The van der Waals surface area contributed by atoms with Crippen LogP contribution in [-0.2, 0) is 9.53 Å². The molecule has 1 unspecified atom stereocenters. The second kappa shape index (κ2) is 8.67. The highest BCUT2D eigenvalue weighted by molar-refractivity contribution is 7.13. The van der Waals surface area contributed by atoms with E-state index in [4.69, 9.17) is 9.47 Å². The average molecular weight is 396 g/mol. The summed E-state index contributed by atoms with van der Waals surface area (Å²) in [5.41, 5.74) is 2.66. The van der Waals surface area contributed by atoms with E-state index < -0.39 is 18.0 Å². The summed E-state index contributed by atoms with van der Waals surface area (Å²) < 4.78 is 10.4. The Labute approximate surface area is 167 Å². The first-order valence-corrected chi connectivity index (χ1v) is 9.53. The van der Waals surface area contributed by atoms with Crippen LogP contribution in [0.3, 0.4) is 0 Å². The molecule has 0 saturated carbocycles. The molecule has 0 bridgehead atoms. The molecule has 28 heavy (non-hydrogen) atoms. The van der Waals surface area contributed by atoms with Crippen molar-refractivity contribution in [1.82, 2.24) is 4.98 Å². The van der Waals surface area contributed by atoms with E-state index in [1.54, 1.807) is 18.6 Å². The van der Waals surface area contributed by atoms with E-state index in [0.717, 1.165) is 16.9 Å². The van der Waals surface area contributed by atoms with Gasteiger partial charge >= 0.3 is 5.97 Å². The van der Waals surface area contributed by atoms with Crippen molar-refractivity contribution in [1.29, 1.82) is 0 Å². The fourth-order valence-electron chi connectivity index (χ4n) is 2.46. The van der Waals surface area contributed by atoms with Gasteiger partial charge in [0.25, 0.3) is 5.91 Å². The van der Waals surface area contributed by atoms with Crippen LogP contribution in [0.25, 0.3) is 10.6 Å². The fraction of sp³-hybridized carbons (Fsp3) is 0.190. The van der Waals surface area contributed by atoms with E-state index in [0.29, 0.717) is 10.7 Å². The van der Waals surface area contributed by atoms with Crippen molar-refractivity contribution in [3.8, 4) is 16.3 Å². The van der Waals surface area contributed by atoms with Crippen LogP contribution in [0, 0.1) is 6.92 Å². The number of amides is 1. The molecule has 0 saturated heterocycles. The zero-order valence-corrected chi connectivity index (χ0v) is 16.6. The molecule has 1 N–H and O–H groups in total. The number of para-hydroxylation sites is 1. The lowest BCUT2D eigenvalue weighted by molar-refractivity contribution is -0.123. The van der Waals surface area contributed by atoms with Gasteiger partial charge in [0.1, 0.15) is 10.8 Å². The third kappa shape index (κ3) is 4.55. The van der Waals surface area contributed by atoms with Crippen molar-refractivity contribution in [2.45, 2.75) is 20.0 Å². The van der Waals surface area contributed by atoms with Crippen LogP contribution in [0.4, 0.5) is 5.69 Å². The Morgan fingerprint density at radius 3 is 2.50 bits per heavy atom. The van der Waals surface area contributed by atoms with Crippen LogP contribution < -0.4 is 10.1 Å². The molecular formula is C21H20N2O4S. The summed E-state index contributed by atoms with van der Waals surface area (Å²) in [7, 11) is 1.60. The molecular weight excluding hydrogens is 376 g/mol. The first-order valence-electron chi connectivity index (χ1n) is 8.65. The Kier molecular flexibility index (Phi) is 6.06. The van der Waals surface area contributed by atoms with Crippen molar-refractivity contribution >= 4 is 28.9 Å². The fourth-order valence-corrected chi connectivity index (χ4v) is 3.25. The summed E-state index contributed by atoms with van der Waals surface area (Å²) >= 11 is 1.33. The number of nitrogens with one attached hydrogen (secondary N) is 1. The zero-order valence-electron chi connectivity index (χ0n) is 15.8. The molecule has 3 rings (SSSR count). The molecule has 0 aliphatic rings. The molecule has 1 amide bonds. The number of esters is 1. The number of benzene rings is 2. The Morgan fingerprint density at radius 2 is 1.82 bits per heavy atom. The summed E-state index contributed by atoms with van der Waals surface area (Å²) in [6, 6.07) is 14.8. The topological polar surface area (TPSA) is 77.5 Å². The smallest absolute Gasteiger partial charge is 0.358 e. The molecule has 2 aromatic carbocycles. The van der Waals surface area contributed by atoms with Gasteiger partial charge in [-0.2, -0.15) is 0 Å². The van der Waals surface area contributed by atoms with Gasteiger partial charge in [0.15, 0.2) is 11.8 Å². The SMILES string of the molecule is COc1ccc(-c2nc(C(=O)OC(C)C(=O)Nc3ccccc3C)cs2)cc1. The quantitative estimate of drug-likeness (QED) is 0.628. The number of nitrogens with zero attached hydrogens (tertiary/aromatic N) is 1. The minimum absolute atomic E-state index is 0.173. The first-order chi connectivity index (χ1) is 13.5. The normalized spacial score (nSPS) is 11.5. The van der Waals surface area contributed by atoms with Gasteiger partial charge in [-0.05, 0) is 49.7 Å². The minimum Gasteiger partial charge on any atom is -0.497 e. The molecule has 7 heteroatoms. The van der Waals surface area contributed by atoms with Crippen LogP contribution in [0.2, 0.25) is 0 Å². The number of carbonyl (C=O) groups is 2. The van der Waals surface area contributed by atoms with E-state index in [9.17, 15) is 9.59 Å². The number of hydrogen-bond donors (Lipinski definition) is 1. The van der Waals surface area contributed by atoms with Crippen molar-refractivity contribution in [3.05, 3.63) is 65.2 Å². The molecule has 1 aromatic heterocycles. The average Bonchev–Trinajstić information content (AvgIpc) is 3.20. The van der Waals surface area contributed by atoms with Gasteiger partial charge in [-0.1, -0.05) is 18.2 Å². The largest absolute Gasteiger partial charge is 0.497 e. The number of thiazole rings is 1. The van der Waals surface area contributed by atoms with E-state index in [-0.39, 0.29) is 5.69 Å². The van der Waals surface area contributed by atoms with Crippen LogP contribution in [0.5, 0.6) is 5.75 Å². The lowest BCUT2D eigenvalue weighted by Crippen LogP contribution is -2.30. The van der Waals surface area contributed by atoms with Gasteiger partial charge in [-0.25, -0.2) is 9.78 Å².